The molecule has 0 amide bonds. The largest absolute Gasteiger partial charge is 0.393 e. The van der Waals surface area contributed by atoms with Gasteiger partial charge in [0.05, 0.1) is 6.10 Å². The van der Waals surface area contributed by atoms with Crippen molar-refractivity contribution in [2.24, 2.45) is 5.10 Å². The zero-order chi connectivity index (χ0) is 9.90. The van der Waals surface area contributed by atoms with Gasteiger partial charge >= 0.3 is 0 Å². The van der Waals surface area contributed by atoms with Crippen molar-refractivity contribution in [3.05, 3.63) is 0 Å². The van der Waals surface area contributed by atoms with Gasteiger partial charge in [0.25, 0.3) is 0 Å². The molecule has 0 bridgehead atoms. The lowest BCUT2D eigenvalue weighted by atomic mass is 9.96. The van der Waals surface area contributed by atoms with Gasteiger partial charge in [0, 0.05) is 11.3 Å². The van der Waals surface area contributed by atoms with Crippen molar-refractivity contribution in [2.45, 2.75) is 58.1 Å². The lowest BCUT2D eigenvalue weighted by Gasteiger charge is -2.22. The Hall–Kier alpha value is -0.570. The van der Waals surface area contributed by atoms with Gasteiger partial charge in [-0.15, -0.1) is 0 Å². The number of aliphatic hydroxyl groups excluding tert-OH is 1. The molecule has 0 spiro atoms. The van der Waals surface area contributed by atoms with Crippen LogP contribution in [0.4, 0.5) is 0 Å². The smallest absolute Gasteiger partial charge is 0.0547 e. The Balaban J connectivity index is 2.36. The minimum Gasteiger partial charge on any atom is -0.393 e. The standard InChI is InChI=1S/C10H20N2O/c1-10(2,3)12-11-8-4-6-9(13)7-5-8/h9,12-13H,4-7H2,1-3H3. The van der Waals surface area contributed by atoms with Gasteiger partial charge in [-0.3, -0.25) is 0 Å². The Kier molecular flexibility index (Phi) is 3.31. The summed E-state index contributed by atoms with van der Waals surface area (Å²) >= 11 is 0. The molecule has 3 nitrogen and oxygen atoms in total. The predicted octanol–water partition coefficient (Wildman–Crippen LogP) is 1.67. The SMILES string of the molecule is CC(C)(C)NN=C1CCC(O)CC1. The summed E-state index contributed by atoms with van der Waals surface area (Å²) in [5.41, 5.74) is 4.35. The van der Waals surface area contributed by atoms with Crippen LogP contribution in [-0.4, -0.2) is 22.5 Å². The van der Waals surface area contributed by atoms with E-state index in [9.17, 15) is 5.11 Å². The summed E-state index contributed by atoms with van der Waals surface area (Å²) in [5.74, 6) is 0. The highest BCUT2D eigenvalue weighted by Crippen LogP contribution is 2.15. The molecular formula is C10H20N2O. The average Bonchev–Trinajstić information content (AvgIpc) is 2.02. The molecule has 1 aliphatic rings. The molecule has 3 heteroatoms. The second-order valence-corrected chi connectivity index (χ2v) is 4.77. The fraction of sp³-hybridized carbons (Fsp3) is 0.900. The van der Waals surface area contributed by atoms with Crippen molar-refractivity contribution in [3.8, 4) is 0 Å². The highest BCUT2D eigenvalue weighted by Gasteiger charge is 2.15. The van der Waals surface area contributed by atoms with Gasteiger partial charge in [-0.2, -0.15) is 5.10 Å². The normalized spacial score (nSPS) is 24.3. The summed E-state index contributed by atoms with van der Waals surface area (Å²) in [6.07, 6.45) is 3.50. The van der Waals surface area contributed by atoms with Crippen LogP contribution in [0.1, 0.15) is 46.5 Å². The molecule has 0 aromatic rings. The first-order valence-electron chi connectivity index (χ1n) is 4.98. The third-order valence-corrected chi connectivity index (χ3v) is 2.08. The van der Waals surface area contributed by atoms with Crippen LogP contribution in [0.3, 0.4) is 0 Å². The summed E-state index contributed by atoms with van der Waals surface area (Å²) in [5, 5.41) is 13.6. The van der Waals surface area contributed by atoms with Crippen molar-refractivity contribution in [1.82, 2.24) is 5.43 Å². The van der Waals surface area contributed by atoms with Crippen LogP contribution in [0.2, 0.25) is 0 Å². The zero-order valence-electron chi connectivity index (χ0n) is 8.80. The molecule has 0 radical (unpaired) electrons. The van der Waals surface area contributed by atoms with Gasteiger partial charge in [0.1, 0.15) is 0 Å². The van der Waals surface area contributed by atoms with Gasteiger partial charge in [-0.05, 0) is 46.5 Å². The summed E-state index contributed by atoms with van der Waals surface area (Å²) in [6, 6.07) is 0. The maximum absolute atomic E-state index is 9.28. The van der Waals surface area contributed by atoms with Crippen molar-refractivity contribution < 1.29 is 5.11 Å². The third-order valence-electron chi connectivity index (χ3n) is 2.08. The minimum atomic E-state index is -0.103. The number of aliphatic hydroxyl groups is 1. The molecule has 0 unspecified atom stereocenters. The summed E-state index contributed by atoms with van der Waals surface area (Å²) in [6.45, 7) is 6.28. The number of rotatable bonds is 1. The average molecular weight is 184 g/mol. The van der Waals surface area contributed by atoms with Crippen molar-refractivity contribution >= 4 is 5.71 Å². The lowest BCUT2D eigenvalue weighted by molar-refractivity contribution is 0.152. The Labute approximate surface area is 80.2 Å². The molecular weight excluding hydrogens is 164 g/mol. The van der Waals surface area contributed by atoms with Gasteiger partial charge in [0.2, 0.25) is 0 Å². The first kappa shape index (κ1) is 10.5. The van der Waals surface area contributed by atoms with Gasteiger partial charge in [-0.1, -0.05) is 0 Å². The third kappa shape index (κ3) is 4.27. The lowest BCUT2D eigenvalue weighted by Crippen LogP contribution is -2.33. The van der Waals surface area contributed by atoms with Crippen LogP contribution in [0, 0.1) is 0 Å². The fourth-order valence-electron chi connectivity index (χ4n) is 1.29. The number of nitrogens with one attached hydrogen (secondary N) is 1. The monoisotopic (exact) mass is 184 g/mol. The van der Waals surface area contributed by atoms with Crippen molar-refractivity contribution in [2.75, 3.05) is 0 Å². The Morgan fingerprint density at radius 2 is 1.85 bits per heavy atom. The minimum absolute atomic E-state index is 0.0447. The Morgan fingerprint density at radius 3 is 2.31 bits per heavy atom. The van der Waals surface area contributed by atoms with Gasteiger partial charge < -0.3 is 10.5 Å². The molecule has 2 N–H and O–H groups in total. The van der Waals surface area contributed by atoms with E-state index in [4.69, 9.17) is 0 Å². The molecule has 1 saturated carbocycles. The van der Waals surface area contributed by atoms with E-state index in [-0.39, 0.29) is 11.6 Å². The van der Waals surface area contributed by atoms with Crippen LogP contribution < -0.4 is 5.43 Å². The van der Waals surface area contributed by atoms with Crippen LogP contribution in [-0.2, 0) is 0 Å². The second-order valence-electron chi connectivity index (χ2n) is 4.77. The van der Waals surface area contributed by atoms with E-state index >= 15 is 0 Å². The van der Waals surface area contributed by atoms with E-state index < -0.39 is 0 Å². The molecule has 0 heterocycles. The molecule has 1 rings (SSSR count). The van der Waals surface area contributed by atoms with Gasteiger partial charge in [0.15, 0.2) is 0 Å². The highest BCUT2D eigenvalue weighted by atomic mass is 16.3. The van der Waals surface area contributed by atoms with Gasteiger partial charge in [-0.25, -0.2) is 0 Å². The maximum atomic E-state index is 9.28. The molecule has 13 heavy (non-hydrogen) atoms. The fourth-order valence-corrected chi connectivity index (χ4v) is 1.29. The Morgan fingerprint density at radius 1 is 1.31 bits per heavy atom. The molecule has 0 saturated heterocycles. The van der Waals surface area contributed by atoms with E-state index in [1.165, 1.54) is 5.71 Å². The first-order chi connectivity index (χ1) is 5.97. The van der Waals surface area contributed by atoms with Crippen molar-refractivity contribution in [1.29, 1.82) is 0 Å². The Bertz CT molecular complexity index is 184. The highest BCUT2D eigenvalue weighted by molar-refractivity contribution is 5.84. The summed E-state index contributed by atoms with van der Waals surface area (Å²) in [7, 11) is 0. The number of hydrazone groups is 1. The van der Waals surface area contributed by atoms with E-state index in [1.807, 2.05) is 0 Å². The molecule has 0 aromatic carbocycles. The topological polar surface area (TPSA) is 44.6 Å². The maximum Gasteiger partial charge on any atom is 0.0547 e. The number of hydrogen-bond acceptors (Lipinski definition) is 3. The molecule has 76 valence electrons. The number of nitrogens with zero attached hydrogens (tertiary/aromatic N) is 1. The zero-order valence-corrected chi connectivity index (χ0v) is 8.80. The molecule has 1 fully saturated rings. The van der Waals surface area contributed by atoms with Crippen LogP contribution in [0.25, 0.3) is 0 Å². The van der Waals surface area contributed by atoms with Crippen LogP contribution >= 0.6 is 0 Å². The molecule has 0 atom stereocenters. The number of hydrogen-bond donors (Lipinski definition) is 2. The molecule has 1 aliphatic carbocycles. The van der Waals surface area contributed by atoms with Crippen LogP contribution in [0.15, 0.2) is 5.10 Å². The van der Waals surface area contributed by atoms with Crippen LogP contribution in [0.5, 0.6) is 0 Å². The first-order valence-corrected chi connectivity index (χ1v) is 4.98. The quantitative estimate of drug-likeness (QED) is 0.609. The summed E-state index contributed by atoms with van der Waals surface area (Å²) < 4.78 is 0. The van der Waals surface area contributed by atoms with E-state index in [1.54, 1.807) is 0 Å². The second kappa shape index (κ2) is 4.09. The van der Waals surface area contributed by atoms with E-state index in [2.05, 4.69) is 31.3 Å². The van der Waals surface area contributed by atoms with Crippen molar-refractivity contribution in [3.63, 3.8) is 0 Å². The molecule has 0 aromatic heterocycles. The van der Waals surface area contributed by atoms with E-state index in [0.717, 1.165) is 25.7 Å². The van der Waals surface area contributed by atoms with E-state index in [0.29, 0.717) is 0 Å². The molecule has 0 aliphatic heterocycles. The summed E-state index contributed by atoms with van der Waals surface area (Å²) in [4.78, 5) is 0. The predicted molar refractivity (Wildman–Crippen MR) is 54.8 cm³/mol.